The van der Waals surface area contributed by atoms with Crippen LogP contribution in [0.5, 0.6) is 5.75 Å². The zero-order valence-electron chi connectivity index (χ0n) is 21.6. The molecule has 0 aliphatic carbocycles. The molecule has 4 aromatic carbocycles. The molecule has 0 radical (unpaired) electrons. The number of amides is 1. The lowest BCUT2D eigenvalue weighted by atomic mass is 10.2. The topological polar surface area (TPSA) is 98.7 Å². The summed E-state index contributed by atoms with van der Waals surface area (Å²) in [5, 5.41) is 8.49. The quantitative estimate of drug-likeness (QED) is 0.184. The largest absolute Gasteiger partial charge is 0.483 e. The Labute approximate surface area is 251 Å². The normalized spacial score (nSPS) is 11.4. The summed E-state index contributed by atoms with van der Waals surface area (Å²) in [6.07, 6.45) is 1.39. The number of fused-ring (bicyclic) bond motifs is 2. The van der Waals surface area contributed by atoms with Crippen molar-refractivity contribution in [2.75, 3.05) is 11.9 Å². The molecule has 0 bridgehead atoms. The molecule has 0 fully saturated rings. The summed E-state index contributed by atoms with van der Waals surface area (Å²) in [4.78, 5) is 30.7. The minimum absolute atomic E-state index is 0.0395. The third-order valence-electron chi connectivity index (χ3n) is 6.24. The molecule has 208 valence electrons. The fourth-order valence-electron chi connectivity index (χ4n) is 4.28. The first kappa shape index (κ1) is 27.4. The van der Waals surface area contributed by atoms with Gasteiger partial charge in [-0.3, -0.25) is 9.59 Å². The highest BCUT2D eigenvalue weighted by Crippen LogP contribution is 2.29. The van der Waals surface area contributed by atoms with Gasteiger partial charge < -0.3 is 14.5 Å². The van der Waals surface area contributed by atoms with Crippen LogP contribution in [0, 0.1) is 5.82 Å². The van der Waals surface area contributed by atoms with Gasteiger partial charge in [-0.2, -0.15) is 9.78 Å². The molecule has 0 saturated carbocycles. The Morgan fingerprint density at radius 1 is 1.07 bits per heavy atom. The smallest absolute Gasteiger partial charge is 0.282 e. The van der Waals surface area contributed by atoms with Crippen LogP contribution in [0.2, 0.25) is 5.02 Å². The van der Waals surface area contributed by atoms with Crippen LogP contribution in [-0.2, 0) is 4.79 Å². The van der Waals surface area contributed by atoms with E-state index >= 15 is 0 Å². The van der Waals surface area contributed by atoms with Crippen LogP contribution >= 0.6 is 27.5 Å². The average molecular weight is 646 g/mol. The number of benzene rings is 4. The Morgan fingerprint density at radius 2 is 1.88 bits per heavy atom. The number of anilines is 1. The van der Waals surface area contributed by atoms with Crippen LogP contribution in [0.3, 0.4) is 0 Å². The Balaban J connectivity index is 1.36. The van der Waals surface area contributed by atoms with Crippen LogP contribution in [0.4, 0.5) is 10.1 Å². The van der Waals surface area contributed by atoms with Crippen molar-refractivity contribution in [1.82, 2.24) is 9.66 Å². The molecule has 0 aliphatic heterocycles. The highest BCUT2D eigenvalue weighted by molar-refractivity contribution is 9.10. The van der Waals surface area contributed by atoms with Crippen LogP contribution in [0.25, 0.3) is 33.5 Å². The number of halogens is 3. The zero-order chi connectivity index (χ0) is 29.2. The second-order valence-corrected chi connectivity index (χ2v) is 10.5. The Kier molecular flexibility index (Phi) is 7.56. The summed E-state index contributed by atoms with van der Waals surface area (Å²) in [6.45, 7) is -0.409. The lowest BCUT2D eigenvalue weighted by Crippen LogP contribution is -2.21. The van der Waals surface area contributed by atoms with E-state index in [1.54, 1.807) is 54.6 Å². The third-order valence-corrected chi connectivity index (χ3v) is 6.97. The minimum Gasteiger partial charge on any atom is -0.483 e. The highest BCUT2D eigenvalue weighted by Gasteiger charge is 2.17. The molecule has 0 saturated heterocycles. The number of carbonyl (C=O) groups excluding carboxylic acids is 1. The maximum atomic E-state index is 13.9. The number of furan rings is 1. The number of nitrogens with zero attached hydrogens (tertiary/aromatic N) is 3. The van der Waals surface area contributed by atoms with Gasteiger partial charge in [0, 0.05) is 20.4 Å². The van der Waals surface area contributed by atoms with Crippen molar-refractivity contribution in [2.24, 2.45) is 5.10 Å². The molecule has 0 atom stereocenters. The Bertz CT molecular complexity index is 2070. The average Bonchev–Trinajstić information content (AvgIpc) is 3.40. The van der Waals surface area contributed by atoms with Crippen molar-refractivity contribution >= 4 is 67.2 Å². The molecule has 6 rings (SSSR count). The van der Waals surface area contributed by atoms with Gasteiger partial charge in [-0.05, 0) is 66.7 Å². The molecule has 0 aliphatic rings. The molecule has 2 heterocycles. The lowest BCUT2D eigenvalue weighted by Gasteiger charge is -2.11. The van der Waals surface area contributed by atoms with Gasteiger partial charge in [-0.1, -0.05) is 51.8 Å². The number of hydrogen-bond acceptors (Lipinski definition) is 6. The van der Waals surface area contributed by atoms with Gasteiger partial charge in [0.15, 0.2) is 12.4 Å². The second-order valence-electron chi connectivity index (χ2n) is 9.11. The van der Waals surface area contributed by atoms with Crippen molar-refractivity contribution in [3.05, 3.63) is 122 Å². The van der Waals surface area contributed by atoms with Gasteiger partial charge in [0.2, 0.25) is 5.82 Å². The van der Waals surface area contributed by atoms with Crippen LogP contribution in [0.15, 0.2) is 110 Å². The Morgan fingerprint density at radius 3 is 2.74 bits per heavy atom. The van der Waals surface area contributed by atoms with Gasteiger partial charge in [0.25, 0.3) is 11.5 Å². The van der Waals surface area contributed by atoms with E-state index in [1.165, 1.54) is 24.4 Å². The van der Waals surface area contributed by atoms with E-state index in [0.717, 1.165) is 14.5 Å². The van der Waals surface area contributed by atoms with Crippen LogP contribution in [-0.4, -0.2) is 28.4 Å². The van der Waals surface area contributed by atoms with E-state index in [1.807, 2.05) is 18.2 Å². The fraction of sp³-hybridized carbons (Fsp3) is 0.0323. The number of aromatic nitrogens is 2. The van der Waals surface area contributed by atoms with E-state index in [2.05, 4.69) is 31.3 Å². The first-order valence-electron chi connectivity index (χ1n) is 12.6. The molecule has 6 aromatic rings. The van der Waals surface area contributed by atoms with Crippen LogP contribution in [0.1, 0.15) is 5.56 Å². The van der Waals surface area contributed by atoms with E-state index in [9.17, 15) is 14.0 Å². The summed E-state index contributed by atoms with van der Waals surface area (Å²) >= 11 is 9.70. The number of para-hydroxylation sites is 2. The zero-order valence-corrected chi connectivity index (χ0v) is 23.9. The molecular formula is C31H19BrClFN4O4. The highest BCUT2D eigenvalue weighted by atomic mass is 79.9. The summed E-state index contributed by atoms with van der Waals surface area (Å²) in [5.41, 5.74) is 1.11. The van der Waals surface area contributed by atoms with Crippen molar-refractivity contribution in [2.45, 2.75) is 0 Å². The molecule has 0 unspecified atom stereocenters. The fourth-order valence-corrected chi connectivity index (χ4v) is 4.84. The van der Waals surface area contributed by atoms with Gasteiger partial charge in [-0.15, -0.1) is 0 Å². The number of ether oxygens (including phenoxy) is 1. The molecule has 42 heavy (non-hydrogen) atoms. The molecular weight excluding hydrogens is 627 g/mol. The van der Waals surface area contributed by atoms with Gasteiger partial charge in [-0.25, -0.2) is 9.37 Å². The number of hydrogen-bond donors (Lipinski definition) is 1. The number of carbonyl (C=O) groups is 1. The van der Waals surface area contributed by atoms with E-state index < -0.39 is 23.9 Å². The third kappa shape index (κ3) is 5.67. The molecule has 1 N–H and O–H groups in total. The predicted molar refractivity (Wildman–Crippen MR) is 164 cm³/mol. The Hall–Kier alpha value is -4.80. The minimum atomic E-state index is -0.563. The standard InChI is InChI=1S/C31H19BrClFN4O4/c32-20-9-11-27-18(13-20)15-28(42-27)30-37-24-7-3-1-5-22(24)31(40)38(30)35-16-19-14-21(33)10-12-26(19)41-17-29(39)36-25-8-4-2-6-23(25)34/h1-16H,17H2,(H,36,39). The number of rotatable bonds is 7. The van der Waals surface area contributed by atoms with E-state index in [-0.39, 0.29) is 17.3 Å². The second kappa shape index (κ2) is 11.6. The van der Waals surface area contributed by atoms with E-state index in [0.29, 0.717) is 32.8 Å². The monoisotopic (exact) mass is 644 g/mol. The maximum absolute atomic E-state index is 13.9. The summed E-state index contributed by atoms with van der Waals surface area (Å²) in [5.74, 6) is -0.325. The van der Waals surface area contributed by atoms with Crippen LogP contribution < -0.4 is 15.6 Å². The first-order chi connectivity index (χ1) is 20.4. The maximum Gasteiger partial charge on any atom is 0.282 e. The van der Waals surface area contributed by atoms with Crippen molar-refractivity contribution in [1.29, 1.82) is 0 Å². The summed E-state index contributed by atoms with van der Waals surface area (Å²) in [7, 11) is 0. The molecule has 0 spiro atoms. The van der Waals surface area contributed by atoms with E-state index in [4.69, 9.17) is 20.8 Å². The van der Waals surface area contributed by atoms with Gasteiger partial charge >= 0.3 is 0 Å². The van der Waals surface area contributed by atoms with Gasteiger partial charge in [0.1, 0.15) is 17.1 Å². The summed E-state index contributed by atoms with van der Waals surface area (Å²) in [6, 6.07) is 24.8. The van der Waals surface area contributed by atoms with Crippen molar-refractivity contribution in [3.8, 4) is 17.3 Å². The number of nitrogens with one attached hydrogen (secondary N) is 1. The first-order valence-corrected chi connectivity index (χ1v) is 13.8. The predicted octanol–water partition coefficient (Wildman–Crippen LogP) is 7.26. The molecule has 2 aromatic heterocycles. The molecule has 11 heteroatoms. The summed E-state index contributed by atoms with van der Waals surface area (Å²) < 4.78 is 27.7. The molecule has 1 amide bonds. The van der Waals surface area contributed by atoms with Gasteiger partial charge in [0.05, 0.1) is 22.8 Å². The van der Waals surface area contributed by atoms with Crippen molar-refractivity contribution in [3.63, 3.8) is 0 Å². The lowest BCUT2D eigenvalue weighted by molar-refractivity contribution is -0.118. The molecule has 8 nitrogen and oxygen atoms in total. The van der Waals surface area contributed by atoms with Crippen molar-refractivity contribution < 1.29 is 18.3 Å². The SMILES string of the molecule is O=C(COc1ccc(Cl)cc1C=Nn1c(-c2cc3cc(Br)ccc3o2)nc2ccccc2c1=O)Nc1ccccc1F.